The first-order valence-electron chi connectivity index (χ1n) is 11.4. The minimum atomic E-state index is -3.80. The molecule has 2 aromatic rings. The van der Waals surface area contributed by atoms with E-state index >= 15 is 0 Å². The van der Waals surface area contributed by atoms with Crippen LogP contribution in [0.15, 0.2) is 42.5 Å². The zero-order valence-electron chi connectivity index (χ0n) is 20.1. The van der Waals surface area contributed by atoms with E-state index in [0.29, 0.717) is 54.6 Å². The standard InChI is InChI=1S/C24H33N3O6S/c1-5-27(20-10-12-21(13-11-20)33-6-2)34(29,30)26-15-7-8-18(17-26)24(28)25-19-9-14-22(31-3)23(16-19)32-4/h9-14,16,18H,5-8,15,17H2,1-4H3,(H,25,28)/t18-/m0/s1. The molecule has 1 fully saturated rings. The molecule has 0 aromatic heterocycles. The van der Waals surface area contributed by atoms with Crippen molar-refractivity contribution in [3.8, 4) is 17.2 Å². The summed E-state index contributed by atoms with van der Waals surface area (Å²) in [5.74, 6) is 1.06. The van der Waals surface area contributed by atoms with Gasteiger partial charge in [0.2, 0.25) is 5.91 Å². The molecule has 9 nitrogen and oxygen atoms in total. The molecular formula is C24H33N3O6S. The second kappa shape index (κ2) is 11.4. The molecule has 1 N–H and O–H groups in total. The van der Waals surface area contributed by atoms with Gasteiger partial charge in [-0.05, 0) is 63.1 Å². The number of piperidine rings is 1. The third-order valence-electron chi connectivity index (χ3n) is 5.73. The van der Waals surface area contributed by atoms with Crippen molar-refractivity contribution in [2.24, 2.45) is 5.92 Å². The minimum Gasteiger partial charge on any atom is -0.494 e. The van der Waals surface area contributed by atoms with Crippen LogP contribution >= 0.6 is 0 Å². The second-order valence-corrected chi connectivity index (χ2v) is 9.71. The zero-order valence-corrected chi connectivity index (χ0v) is 20.9. The maximum Gasteiger partial charge on any atom is 0.304 e. The maximum absolute atomic E-state index is 13.5. The fraction of sp³-hybridized carbons (Fsp3) is 0.458. The lowest BCUT2D eigenvalue weighted by atomic mass is 9.98. The van der Waals surface area contributed by atoms with E-state index in [-0.39, 0.29) is 19.0 Å². The van der Waals surface area contributed by atoms with Crippen LogP contribution in [0.3, 0.4) is 0 Å². The number of amides is 1. The highest BCUT2D eigenvalue weighted by Crippen LogP contribution is 2.31. The third kappa shape index (κ3) is 5.74. The number of nitrogens with zero attached hydrogens (tertiary/aromatic N) is 2. The van der Waals surface area contributed by atoms with Crippen LogP contribution < -0.4 is 23.8 Å². The number of benzene rings is 2. The van der Waals surface area contributed by atoms with Crippen LogP contribution in [-0.4, -0.2) is 59.1 Å². The number of ether oxygens (including phenoxy) is 3. The largest absolute Gasteiger partial charge is 0.494 e. The summed E-state index contributed by atoms with van der Waals surface area (Å²) in [7, 11) is -0.735. The molecule has 0 bridgehead atoms. The fourth-order valence-corrected chi connectivity index (χ4v) is 5.74. The summed E-state index contributed by atoms with van der Waals surface area (Å²) in [5.41, 5.74) is 1.12. The van der Waals surface area contributed by atoms with E-state index in [9.17, 15) is 13.2 Å². The van der Waals surface area contributed by atoms with Crippen molar-refractivity contribution >= 4 is 27.5 Å². The van der Waals surface area contributed by atoms with Gasteiger partial charge in [-0.25, -0.2) is 0 Å². The number of rotatable bonds is 10. The van der Waals surface area contributed by atoms with Crippen molar-refractivity contribution in [2.75, 3.05) is 50.1 Å². The molecule has 0 unspecified atom stereocenters. The molecular weight excluding hydrogens is 458 g/mol. The molecule has 1 amide bonds. The average Bonchev–Trinajstić information content (AvgIpc) is 2.85. The van der Waals surface area contributed by atoms with Gasteiger partial charge in [-0.1, -0.05) is 0 Å². The number of hydrogen-bond donors (Lipinski definition) is 1. The van der Waals surface area contributed by atoms with E-state index in [1.54, 1.807) is 56.5 Å². The lowest BCUT2D eigenvalue weighted by Crippen LogP contribution is -2.50. The van der Waals surface area contributed by atoms with Crippen LogP contribution in [0.1, 0.15) is 26.7 Å². The van der Waals surface area contributed by atoms with Crippen molar-refractivity contribution in [3.05, 3.63) is 42.5 Å². The van der Waals surface area contributed by atoms with Gasteiger partial charge in [0.15, 0.2) is 11.5 Å². The molecule has 2 aromatic carbocycles. The molecule has 1 atom stereocenters. The molecule has 1 heterocycles. The van der Waals surface area contributed by atoms with Crippen LogP contribution in [-0.2, 0) is 15.0 Å². The molecule has 3 rings (SSSR count). The molecule has 0 saturated carbocycles. The minimum absolute atomic E-state index is 0.120. The topological polar surface area (TPSA) is 97.4 Å². The summed E-state index contributed by atoms with van der Waals surface area (Å²) < 4.78 is 45.7. The number of hydrogen-bond acceptors (Lipinski definition) is 6. The Morgan fingerprint density at radius 3 is 2.41 bits per heavy atom. The van der Waals surface area contributed by atoms with Crippen molar-refractivity contribution in [2.45, 2.75) is 26.7 Å². The Morgan fingerprint density at radius 2 is 1.79 bits per heavy atom. The van der Waals surface area contributed by atoms with Crippen molar-refractivity contribution in [3.63, 3.8) is 0 Å². The molecule has 1 aliphatic heterocycles. The summed E-state index contributed by atoms with van der Waals surface area (Å²) >= 11 is 0. The van der Waals surface area contributed by atoms with Gasteiger partial charge in [-0.15, -0.1) is 0 Å². The fourth-order valence-electron chi connectivity index (χ4n) is 4.02. The van der Waals surface area contributed by atoms with Crippen LogP contribution in [0.5, 0.6) is 17.2 Å². The highest BCUT2D eigenvalue weighted by Gasteiger charge is 2.35. The number of nitrogens with one attached hydrogen (secondary N) is 1. The Labute approximate surface area is 201 Å². The first-order chi connectivity index (χ1) is 16.3. The number of carbonyl (C=O) groups is 1. The van der Waals surface area contributed by atoms with Crippen LogP contribution in [0.2, 0.25) is 0 Å². The number of methoxy groups -OCH3 is 2. The van der Waals surface area contributed by atoms with E-state index in [4.69, 9.17) is 14.2 Å². The quantitative estimate of drug-likeness (QED) is 0.546. The summed E-state index contributed by atoms with van der Waals surface area (Å²) in [6.45, 7) is 4.99. The second-order valence-electron chi connectivity index (χ2n) is 7.86. The molecule has 0 aliphatic carbocycles. The van der Waals surface area contributed by atoms with Gasteiger partial charge >= 0.3 is 10.2 Å². The maximum atomic E-state index is 13.5. The van der Waals surface area contributed by atoms with Gasteiger partial charge in [0.1, 0.15) is 5.75 Å². The van der Waals surface area contributed by atoms with Crippen LogP contribution in [0, 0.1) is 5.92 Å². The predicted molar refractivity (Wildman–Crippen MR) is 132 cm³/mol. The van der Waals surface area contributed by atoms with Gasteiger partial charge in [0, 0.05) is 31.4 Å². The van der Waals surface area contributed by atoms with E-state index in [2.05, 4.69) is 5.32 Å². The highest BCUT2D eigenvalue weighted by atomic mass is 32.2. The summed E-state index contributed by atoms with van der Waals surface area (Å²) in [6, 6.07) is 12.1. The van der Waals surface area contributed by atoms with Gasteiger partial charge < -0.3 is 19.5 Å². The van der Waals surface area contributed by atoms with E-state index < -0.39 is 16.1 Å². The summed E-state index contributed by atoms with van der Waals surface area (Å²) in [5, 5.41) is 2.88. The Balaban J connectivity index is 1.72. The lowest BCUT2D eigenvalue weighted by molar-refractivity contribution is -0.120. The Bertz CT molecular complexity index is 1070. The molecule has 186 valence electrons. The first-order valence-corrected chi connectivity index (χ1v) is 12.8. The SMILES string of the molecule is CCOc1ccc(N(CC)S(=O)(=O)N2CCC[C@H](C(=O)Nc3ccc(OC)c(OC)c3)C2)cc1. The molecule has 0 radical (unpaired) electrons. The number of carbonyl (C=O) groups excluding carboxylic acids is 1. The van der Waals surface area contributed by atoms with Gasteiger partial charge in [0.25, 0.3) is 0 Å². The number of anilines is 2. The van der Waals surface area contributed by atoms with Crippen molar-refractivity contribution in [1.29, 1.82) is 0 Å². The zero-order chi connectivity index (χ0) is 24.7. The summed E-state index contributed by atoms with van der Waals surface area (Å²) in [4.78, 5) is 13.0. The monoisotopic (exact) mass is 491 g/mol. The molecule has 1 saturated heterocycles. The molecule has 34 heavy (non-hydrogen) atoms. The van der Waals surface area contributed by atoms with Crippen molar-refractivity contribution in [1.82, 2.24) is 4.31 Å². The summed E-state index contributed by atoms with van der Waals surface area (Å²) in [6.07, 6.45) is 1.21. The molecule has 0 spiro atoms. The van der Waals surface area contributed by atoms with Gasteiger partial charge in [-0.2, -0.15) is 12.7 Å². The third-order valence-corrected chi connectivity index (χ3v) is 7.74. The van der Waals surface area contributed by atoms with Crippen LogP contribution in [0.4, 0.5) is 11.4 Å². The van der Waals surface area contributed by atoms with E-state index in [0.717, 1.165) is 0 Å². The van der Waals surface area contributed by atoms with Gasteiger partial charge in [0.05, 0.1) is 32.4 Å². The van der Waals surface area contributed by atoms with Crippen LogP contribution in [0.25, 0.3) is 0 Å². The highest BCUT2D eigenvalue weighted by molar-refractivity contribution is 7.90. The van der Waals surface area contributed by atoms with Gasteiger partial charge in [-0.3, -0.25) is 9.10 Å². The normalized spacial score (nSPS) is 16.5. The average molecular weight is 492 g/mol. The van der Waals surface area contributed by atoms with E-state index in [1.807, 2.05) is 6.92 Å². The lowest BCUT2D eigenvalue weighted by Gasteiger charge is -2.35. The molecule has 1 aliphatic rings. The van der Waals surface area contributed by atoms with E-state index in [1.165, 1.54) is 15.7 Å². The smallest absolute Gasteiger partial charge is 0.304 e. The Hall–Kier alpha value is -2.98. The first kappa shape index (κ1) is 25.6. The Kier molecular flexibility index (Phi) is 8.62. The predicted octanol–water partition coefficient (Wildman–Crippen LogP) is 3.52. The van der Waals surface area contributed by atoms with Crippen molar-refractivity contribution < 1.29 is 27.4 Å². The molecule has 10 heteroatoms. The Morgan fingerprint density at radius 1 is 1.09 bits per heavy atom.